The van der Waals surface area contributed by atoms with Crippen LogP contribution in [0.5, 0.6) is 0 Å². The normalized spacial score (nSPS) is 14.6. The van der Waals surface area contributed by atoms with Crippen molar-refractivity contribution in [1.82, 2.24) is 29.4 Å². The summed E-state index contributed by atoms with van der Waals surface area (Å²) in [7, 11) is 1.48. The molecule has 4 aromatic rings. The summed E-state index contributed by atoms with van der Waals surface area (Å²) >= 11 is 0. The summed E-state index contributed by atoms with van der Waals surface area (Å²) in [6.45, 7) is 0.809. The average Bonchev–Trinajstić information content (AvgIpc) is 2.89. The van der Waals surface area contributed by atoms with Gasteiger partial charge in [-0.2, -0.15) is 0 Å². The fourth-order valence-corrected chi connectivity index (χ4v) is 4.56. The van der Waals surface area contributed by atoms with Crippen molar-refractivity contribution in [3.8, 4) is 11.3 Å². The van der Waals surface area contributed by atoms with Crippen molar-refractivity contribution < 1.29 is 14.6 Å². The highest BCUT2D eigenvalue weighted by atomic mass is 16.5. The van der Waals surface area contributed by atoms with E-state index in [4.69, 9.17) is 9.72 Å². The Labute approximate surface area is 199 Å². The van der Waals surface area contributed by atoms with Gasteiger partial charge in [0.05, 0.1) is 34.4 Å². The molecule has 0 radical (unpaired) electrons. The summed E-state index contributed by atoms with van der Waals surface area (Å²) in [5.74, 6) is -0.0913. The number of nitrogens with zero attached hydrogens (tertiary/aromatic N) is 5. The van der Waals surface area contributed by atoms with Crippen LogP contribution in [0.25, 0.3) is 33.2 Å². The number of amides is 1. The molecule has 1 saturated heterocycles. The first-order valence-electron chi connectivity index (χ1n) is 11.3. The molecule has 0 atom stereocenters. The van der Waals surface area contributed by atoms with E-state index in [2.05, 4.69) is 15.0 Å². The Morgan fingerprint density at radius 3 is 2.63 bits per heavy atom. The van der Waals surface area contributed by atoms with Gasteiger partial charge in [-0.3, -0.25) is 29.1 Å². The van der Waals surface area contributed by atoms with Crippen LogP contribution in [0.3, 0.4) is 0 Å². The number of aromatic nitrogens is 5. The second-order valence-corrected chi connectivity index (χ2v) is 8.46. The highest BCUT2D eigenvalue weighted by Gasteiger charge is 2.27. The monoisotopic (exact) mass is 476 g/mol. The Balaban J connectivity index is 1.63. The zero-order chi connectivity index (χ0) is 24.5. The molecule has 1 fully saturated rings. The predicted molar refractivity (Wildman–Crippen MR) is 128 cm³/mol. The lowest BCUT2D eigenvalue weighted by molar-refractivity contribution is -0.136. The molecular formula is C24H24N6O5. The van der Waals surface area contributed by atoms with E-state index in [0.717, 1.165) is 5.56 Å². The molecule has 35 heavy (non-hydrogen) atoms. The lowest BCUT2D eigenvalue weighted by Gasteiger charge is -2.33. The van der Waals surface area contributed by atoms with Crippen molar-refractivity contribution in [2.75, 3.05) is 26.8 Å². The van der Waals surface area contributed by atoms with Crippen LogP contribution in [0, 0.1) is 0 Å². The summed E-state index contributed by atoms with van der Waals surface area (Å²) in [6, 6.07) is 6.88. The lowest BCUT2D eigenvalue weighted by Crippen LogP contribution is -2.43. The van der Waals surface area contributed by atoms with Crippen molar-refractivity contribution in [3.05, 3.63) is 63.2 Å². The van der Waals surface area contributed by atoms with Gasteiger partial charge < -0.3 is 14.7 Å². The van der Waals surface area contributed by atoms with Gasteiger partial charge in [0.1, 0.15) is 12.1 Å². The van der Waals surface area contributed by atoms with Crippen LogP contribution >= 0.6 is 0 Å². The molecular weight excluding hydrogens is 452 g/mol. The van der Waals surface area contributed by atoms with E-state index in [-0.39, 0.29) is 30.5 Å². The molecule has 2 N–H and O–H groups in total. The largest absolute Gasteiger partial charge is 0.390 e. The van der Waals surface area contributed by atoms with Crippen molar-refractivity contribution in [3.63, 3.8) is 0 Å². The first-order chi connectivity index (χ1) is 17.0. The Morgan fingerprint density at radius 2 is 1.94 bits per heavy atom. The molecule has 0 aromatic carbocycles. The van der Waals surface area contributed by atoms with E-state index in [1.807, 2.05) is 0 Å². The molecule has 1 aliphatic rings. The molecule has 0 unspecified atom stereocenters. The number of pyridine rings is 3. The third-order valence-corrected chi connectivity index (χ3v) is 6.34. The summed E-state index contributed by atoms with van der Waals surface area (Å²) in [5.41, 5.74) is 2.24. The SMILES string of the molecule is COCC(=O)N1CCC(n2c(=O)[nH]c(=O)c3cnc4ccc(-c5ccc(CO)nc5)nc4c32)CC1. The van der Waals surface area contributed by atoms with Gasteiger partial charge in [-0.1, -0.05) is 0 Å². The number of carbonyl (C=O) groups excluding carboxylic acids is 1. The van der Waals surface area contributed by atoms with Gasteiger partial charge >= 0.3 is 5.69 Å². The second kappa shape index (κ2) is 9.35. The summed E-state index contributed by atoms with van der Waals surface area (Å²) in [5, 5.41) is 9.53. The molecule has 0 spiro atoms. The number of hydrogen-bond donors (Lipinski definition) is 2. The fourth-order valence-electron chi connectivity index (χ4n) is 4.56. The van der Waals surface area contributed by atoms with Crippen LogP contribution < -0.4 is 11.2 Å². The minimum absolute atomic E-state index is 0.0172. The number of methoxy groups -OCH3 is 1. The van der Waals surface area contributed by atoms with Crippen LogP contribution in [0.2, 0.25) is 0 Å². The smallest absolute Gasteiger partial charge is 0.329 e. The Kier molecular flexibility index (Phi) is 6.10. The van der Waals surface area contributed by atoms with Gasteiger partial charge in [-0.05, 0) is 37.1 Å². The number of H-pyrrole nitrogens is 1. The molecule has 180 valence electrons. The third kappa shape index (κ3) is 4.19. The molecule has 11 heteroatoms. The van der Waals surface area contributed by atoms with E-state index in [1.165, 1.54) is 13.3 Å². The van der Waals surface area contributed by atoms with Gasteiger partial charge in [-0.15, -0.1) is 0 Å². The predicted octanol–water partition coefficient (Wildman–Crippen LogP) is 0.997. The van der Waals surface area contributed by atoms with E-state index >= 15 is 0 Å². The number of nitrogens with one attached hydrogen (secondary N) is 1. The van der Waals surface area contributed by atoms with Crippen LogP contribution in [-0.4, -0.2) is 67.2 Å². The number of aromatic amines is 1. The highest BCUT2D eigenvalue weighted by molar-refractivity contribution is 6.01. The topological polar surface area (TPSA) is 143 Å². The van der Waals surface area contributed by atoms with Gasteiger partial charge in [0.15, 0.2) is 0 Å². The van der Waals surface area contributed by atoms with Crippen molar-refractivity contribution >= 4 is 27.8 Å². The van der Waals surface area contributed by atoms with Gasteiger partial charge in [-0.25, -0.2) is 9.78 Å². The number of fused-ring (bicyclic) bond motifs is 3. The van der Waals surface area contributed by atoms with Crippen LogP contribution in [0.1, 0.15) is 24.6 Å². The molecule has 0 aliphatic carbocycles. The van der Waals surface area contributed by atoms with Gasteiger partial charge in [0.2, 0.25) is 5.91 Å². The third-order valence-electron chi connectivity index (χ3n) is 6.34. The van der Waals surface area contributed by atoms with E-state index < -0.39 is 11.2 Å². The minimum atomic E-state index is -0.524. The highest BCUT2D eigenvalue weighted by Crippen LogP contribution is 2.28. The van der Waals surface area contributed by atoms with Crippen LogP contribution in [0.4, 0.5) is 0 Å². The maximum absolute atomic E-state index is 13.1. The number of aliphatic hydroxyl groups is 1. The lowest BCUT2D eigenvalue weighted by atomic mass is 10.0. The Bertz CT molecular complexity index is 1520. The fraction of sp³-hybridized carbons (Fsp3) is 0.333. The Morgan fingerprint density at radius 1 is 1.14 bits per heavy atom. The summed E-state index contributed by atoms with van der Waals surface area (Å²) in [6.07, 6.45) is 4.17. The van der Waals surface area contributed by atoms with Crippen LogP contribution in [0.15, 0.2) is 46.2 Å². The zero-order valence-corrected chi connectivity index (χ0v) is 19.1. The number of ether oxygens (including phenoxy) is 1. The second-order valence-electron chi connectivity index (χ2n) is 8.46. The Hall–Kier alpha value is -3.96. The van der Waals surface area contributed by atoms with Gasteiger partial charge in [0.25, 0.3) is 5.56 Å². The quantitative estimate of drug-likeness (QED) is 0.406. The number of likely N-dealkylation sites (tertiary alicyclic amines) is 1. The molecule has 0 bridgehead atoms. The number of hydrogen-bond acceptors (Lipinski definition) is 8. The van der Waals surface area contributed by atoms with Crippen molar-refractivity contribution in [2.45, 2.75) is 25.5 Å². The molecule has 5 rings (SSSR count). The number of rotatable bonds is 5. The van der Waals surface area contributed by atoms with Gasteiger partial charge in [0, 0.05) is 44.2 Å². The number of aliphatic hydroxyl groups excluding tert-OH is 1. The van der Waals surface area contributed by atoms with E-state index in [1.54, 1.807) is 39.9 Å². The number of carbonyl (C=O) groups is 1. The van der Waals surface area contributed by atoms with Crippen molar-refractivity contribution in [1.29, 1.82) is 0 Å². The van der Waals surface area contributed by atoms with E-state index in [0.29, 0.717) is 53.9 Å². The van der Waals surface area contributed by atoms with Crippen molar-refractivity contribution in [2.24, 2.45) is 0 Å². The number of piperidine rings is 1. The maximum atomic E-state index is 13.1. The summed E-state index contributed by atoms with van der Waals surface area (Å²) < 4.78 is 6.53. The standard InChI is InChI=1S/C24H24N6O5/c1-35-13-20(32)29-8-6-16(7-9-29)30-22-17(23(33)28-24(30)34)11-26-19-5-4-18(27-21(19)22)14-2-3-15(12-31)25-10-14/h2-5,10-11,16,31H,6-9,12-13H2,1H3,(H,28,33,34). The molecule has 1 aliphatic heterocycles. The van der Waals surface area contributed by atoms with Crippen LogP contribution in [-0.2, 0) is 16.1 Å². The zero-order valence-electron chi connectivity index (χ0n) is 19.1. The van der Waals surface area contributed by atoms with E-state index in [9.17, 15) is 19.5 Å². The molecule has 5 heterocycles. The molecule has 1 amide bonds. The first-order valence-corrected chi connectivity index (χ1v) is 11.3. The maximum Gasteiger partial charge on any atom is 0.329 e. The molecule has 11 nitrogen and oxygen atoms in total. The minimum Gasteiger partial charge on any atom is -0.390 e. The summed E-state index contributed by atoms with van der Waals surface area (Å²) in [4.78, 5) is 55.5. The molecule has 0 saturated carbocycles. The average molecular weight is 476 g/mol. The molecule has 4 aromatic heterocycles. The first kappa shape index (κ1) is 22.8.